The molecule has 2 N–H and O–H groups in total. The lowest BCUT2D eigenvalue weighted by Gasteiger charge is -2.42. The highest BCUT2D eigenvalue weighted by Gasteiger charge is 2.36. The summed E-state index contributed by atoms with van der Waals surface area (Å²) in [5.41, 5.74) is 0.416. The van der Waals surface area contributed by atoms with Crippen molar-refractivity contribution in [1.29, 1.82) is 0 Å². The first kappa shape index (κ1) is 17.2. The predicted molar refractivity (Wildman–Crippen MR) is 83.3 cm³/mol. The number of rotatable bonds is 10. The predicted octanol–water partition coefficient (Wildman–Crippen LogP) is 1.78. The molecule has 0 spiro atoms. The summed E-state index contributed by atoms with van der Waals surface area (Å²) < 4.78 is 10.5. The van der Waals surface area contributed by atoms with E-state index in [4.69, 9.17) is 9.47 Å². The molecule has 0 radical (unpaired) electrons. The maximum atomic E-state index is 5.32. The standard InChI is InChI=1S/C15H31N3O2/c1-4-20-11-6-10-17-14(16-2)18-13-15(7-5-8-15)9-12-19-3/h4-13H2,1-3H3,(H2,16,17,18). The molecule has 118 valence electrons. The number of aliphatic imine (C=N–C) groups is 1. The summed E-state index contributed by atoms with van der Waals surface area (Å²) in [6.07, 6.45) is 6.07. The third-order valence-electron chi connectivity index (χ3n) is 4.07. The van der Waals surface area contributed by atoms with E-state index in [0.29, 0.717) is 5.41 Å². The maximum absolute atomic E-state index is 5.32. The monoisotopic (exact) mass is 285 g/mol. The Kier molecular flexibility index (Phi) is 8.62. The van der Waals surface area contributed by atoms with Crippen molar-refractivity contribution in [2.75, 3.05) is 47.1 Å². The van der Waals surface area contributed by atoms with Crippen molar-refractivity contribution in [1.82, 2.24) is 10.6 Å². The van der Waals surface area contributed by atoms with Crippen molar-refractivity contribution >= 4 is 5.96 Å². The molecule has 1 aliphatic carbocycles. The summed E-state index contributed by atoms with van der Waals surface area (Å²) in [5, 5.41) is 6.79. The average molecular weight is 285 g/mol. The molecule has 0 heterocycles. The molecule has 1 aliphatic rings. The van der Waals surface area contributed by atoms with Gasteiger partial charge in [0.05, 0.1) is 0 Å². The maximum Gasteiger partial charge on any atom is 0.190 e. The highest BCUT2D eigenvalue weighted by molar-refractivity contribution is 5.79. The van der Waals surface area contributed by atoms with Gasteiger partial charge in [-0.3, -0.25) is 4.99 Å². The molecule has 5 heteroatoms. The van der Waals surface area contributed by atoms with Gasteiger partial charge in [0.2, 0.25) is 0 Å². The minimum absolute atomic E-state index is 0.416. The first-order valence-electron chi connectivity index (χ1n) is 7.77. The second-order valence-electron chi connectivity index (χ2n) is 5.50. The highest BCUT2D eigenvalue weighted by atomic mass is 16.5. The number of nitrogens with one attached hydrogen (secondary N) is 2. The van der Waals surface area contributed by atoms with Crippen LogP contribution in [0, 0.1) is 5.41 Å². The van der Waals surface area contributed by atoms with E-state index in [1.807, 2.05) is 14.0 Å². The van der Waals surface area contributed by atoms with E-state index in [0.717, 1.165) is 51.7 Å². The number of guanidine groups is 1. The van der Waals surface area contributed by atoms with E-state index in [9.17, 15) is 0 Å². The molecular formula is C15H31N3O2. The van der Waals surface area contributed by atoms with Gasteiger partial charge in [-0.15, -0.1) is 0 Å². The highest BCUT2D eigenvalue weighted by Crippen LogP contribution is 2.43. The van der Waals surface area contributed by atoms with E-state index < -0.39 is 0 Å². The lowest BCUT2D eigenvalue weighted by Crippen LogP contribution is -2.47. The van der Waals surface area contributed by atoms with Gasteiger partial charge in [0, 0.05) is 47.1 Å². The largest absolute Gasteiger partial charge is 0.385 e. The third-order valence-corrected chi connectivity index (χ3v) is 4.07. The quantitative estimate of drug-likeness (QED) is 0.365. The van der Waals surface area contributed by atoms with Crippen LogP contribution < -0.4 is 10.6 Å². The minimum atomic E-state index is 0.416. The molecule has 1 fully saturated rings. The van der Waals surface area contributed by atoms with Gasteiger partial charge in [-0.2, -0.15) is 0 Å². The second-order valence-corrected chi connectivity index (χ2v) is 5.50. The van der Waals surface area contributed by atoms with Gasteiger partial charge in [-0.05, 0) is 38.0 Å². The van der Waals surface area contributed by atoms with Crippen LogP contribution >= 0.6 is 0 Å². The summed E-state index contributed by atoms with van der Waals surface area (Å²) >= 11 is 0. The Bertz CT molecular complexity index is 278. The van der Waals surface area contributed by atoms with Crippen LogP contribution in [0.5, 0.6) is 0 Å². The minimum Gasteiger partial charge on any atom is -0.385 e. The van der Waals surface area contributed by atoms with E-state index in [1.165, 1.54) is 19.3 Å². The van der Waals surface area contributed by atoms with Gasteiger partial charge in [-0.25, -0.2) is 0 Å². The molecule has 0 atom stereocenters. The van der Waals surface area contributed by atoms with Gasteiger partial charge in [0.1, 0.15) is 0 Å². The molecule has 0 aromatic carbocycles. The fraction of sp³-hybridized carbons (Fsp3) is 0.933. The van der Waals surface area contributed by atoms with Crippen molar-refractivity contribution in [3.05, 3.63) is 0 Å². The first-order valence-corrected chi connectivity index (χ1v) is 7.77. The van der Waals surface area contributed by atoms with E-state index in [1.54, 1.807) is 7.11 Å². The van der Waals surface area contributed by atoms with Crippen molar-refractivity contribution in [2.45, 2.75) is 39.0 Å². The second kappa shape index (κ2) is 10.00. The molecule has 5 nitrogen and oxygen atoms in total. The molecule has 0 bridgehead atoms. The Hall–Kier alpha value is -0.810. The fourth-order valence-corrected chi connectivity index (χ4v) is 2.53. The summed E-state index contributed by atoms with van der Waals surface area (Å²) in [5.74, 6) is 0.894. The molecule has 0 saturated heterocycles. The summed E-state index contributed by atoms with van der Waals surface area (Å²) in [6.45, 7) is 6.34. The van der Waals surface area contributed by atoms with Gasteiger partial charge in [0.25, 0.3) is 0 Å². The van der Waals surface area contributed by atoms with Crippen molar-refractivity contribution < 1.29 is 9.47 Å². The Morgan fingerprint density at radius 1 is 1.25 bits per heavy atom. The van der Waals surface area contributed by atoms with Crippen LogP contribution in [0.4, 0.5) is 0 Å². The Morgan fingerprint density at radius 2 is 2.05 bits per heavy atom. The molecule has 20 heavy (non-hydrogen) atoms. The zero-order chi connectivity index (χ0) is 14.7. The lowest BCUT2D eigenvalue weighted by atomic mass is 9.67. The van der Waals surface area contributed by atoms with Crippen molar-refractivity contribution in [2.24, 2.45) is 10.4 Å². The molecular weight excluding hydrogens is 254 g/mol. The van der Waals surface area contributed by atoms with Crippen molar-refractivity contribution in [3.8, 4) is 0 Å². The van der Waals surface area contributed by atoms with Crippen LogP contribution in [0.3, 0.4) is 0 Å². The van der Waals surface area contributed by atoms with Gasteiger partial charge in [0.15, 0.2) is 5.96 Å². The van der Waals surface area contributed by atoms with Crippen molar-refractivity contribution in [3.63, 3.8) is 0 Å². The number of nitrogens with zero attached hydrogens (tertiary/aromatic N) is 1. The van der Waals surface area contributed by atoms with Gasteiger partial charge >= 0.3 is 0 Å². The van der Waals surface area contributed by atoms with E-state index in [-0.39, 0.29) is 0 Å². The van der Waals surface area contributed by atoms with Crippen LogP contribution in [0.1, 0.15) is 39.0 Å². The Balaban J connectivity index is 2.19. The average Bonchev–Trinajstić information content (AvgIpc) is 2.43. The summed E-state index contributed by atoms with van der Waals surface area (Å²) in [4.78, 5) is 4.27. The zero-order valence-electron chi connectivity index (χ0n) is 13.3. The van der Waals surface area contributed by atoms with Crippen LogP contribution in [0.25, 0.3) is 0 Å². The van der Waals surface area contributed by atoms with E-state index in [2.05, 4.69) is 15.6 Å². The van der Waals surface area contributed by atoms with Gasteiger partial charge in [-0.1, -0.05) is 6.42 Å². The van der Waals surface area contributed by atoms with Crippen LogP contribution in [-0.2, 0) is 9.47 Å². The van der Waals surface area contributed by atoms with Crippen LogP contribution in [0.15, 0.2) is 4.99 Å². The molecule has 0 unspecified atom stereocenters. The SMILES string of the molecule is CCOCCCNC(=NC)NCC1(CCOC)CCC1. The fourth-order valence-electron chi connectivity index (χ4n) is 2.53. The summed E-state index contributed by atoms with van der Waals surface area (Å²) in [6, 6.07) is 0. The Labute approximate surface area is 123 Å². The van der Waals surface area contributed by atoms with Crippen LogP contribution in [-0.4, -0.2) is 53.0 Å². The smallest absolute Gasteiger partial charge is 0.190 e. The van der Waals surface area contributed by atoms with Crippen LogP contribution in [0.2, 0.25) is 0 Å². The normalized spacial score (nSPS) is 17.6. The number of methoxy groups -OCH3 is 1. The molecule has 0 amide bonds. The molecule has 0 aromatic rings. The Morgan fingerprint density at radius 3 is 2.60 bits per heavy atom. The zero-order valence-corrected chi connectivity index (χ0v) is 13.3. The molecule has 1 saturated carbocycles. The third kappa shape index (κ3) is 6.09. The molecule has 1 rings (SSSR count). The van der Waals surface area contributed by atoms with E-state index >= 15 is 0 Å². The van der Waals surface area contributed by atoms with Gasteiger partial charge < -0.3 is 20.1 Å². The topological polar surface area (TPSA) is 54.9 Å². The first-order chi connectivity index (χ1) is 9.76. The molecule has 0 aliphatic heterocycles. The molecule has 0 aromatic heterocycles. The number of hydrogen-bond acceptors (Lipinski definition) is 3. The number of hydrogen-bond donors (Lipinski definition) is 2. The number of ether oxygens (including phenoxy) is 2. The summed E-state index contributed by atoms with van der Waals surface area (Å²) in [7, 11) is 3.60. The lowest BCUT2D eigenvalue weighted by molar-refractivity contribution is 0.0732.